The summed E-state index contributed by atoms with van der Waals surface area (Å²) in [6.45, 7) is 5.98. The monoisotopic (exact) mass is 369 g/mol. The summed E-state index contributed by atoms with van der Waals surface area (Å²) in [5.74, 6) is 3.26. The van der Waals surface area contributed by atoms with Gasteiger partial charge in [0.1, 0.15) is 0 Å². The molecule has 0 aliphatic heterocycles. The molecular weight excluding hydrogens is 347 g/mol. The first-order chi connectivity index (χ1) is 12.0. The molecule has 0 saturated carbocycles. The van der Waals surface area contributed by atoms with E-state index in [4.69, 9.17) is 4.74 Å². The number of carbonyl (C=O) groups is 2. The van der Waals surface area contributed by atoms with E-state index in [-0.39, 0.29) is 23.6 Å². The van der Waals surface area contributed by atoms with E-state index in [1.54, 1.807) is 6.07 Å². The van der Waals surface area contributed by atoms with Crippen molar-refractivity contribution in [1.29, 1.82) is 0 Å². The zero-order chi connectivity index (χ0) is 19.8. The fourth-order valence-corrected chi connectivity index (χ4v) is 1.99. The molecule has 4 nitrogen and oxygen atoms in total. The number of alkyl halides is 3. The van der Waals surface area contributed by atoms with Crippen LogP contribution < -0.4 is 5.32 Å². The number of halogens is 3. The summed E-state index contributed by atoms with van der Waals surface area (Å²) >= 11 is 0. The molecule has 0 bridgehead atoms. The van der Waals surface area contributed by atoms with Crippen molar-refractivity contribution in [2.75, 3.05) is 11.9 Å². The summed E-state index contributed by atoms with van der Waals surface area (Å²) in [5.41, 5.74) is -0.181. The van der Waals surface area contributed by atoms with E-state index in [0.717, 1.165) is 6.42 Å². The van der Waals surface area contributed by atoms with Crippen LogP contribution in [0.15, 0.2) is 24.3 Å². The molecule has 0 atom stereocenters. The average molecular weight is 369 g/mol. The van der Waals surface area contributed by atoms with E-state index >= 15 is 0 Å². The SMILES string of the molecule is CCCOC(=O)CC(C)(C)CC#Cc1ccccc1NC(=O)C(F)(F)F. The van der Waals surface area contributed by atoms with Gasteiger partial charge in [0.05, 0.1) is 18.7 Å². The predicted octanol–water partition coefficient (Wildman–Crippen LogP) is 4.30. The third-order valence-electron chi connectivity index (χ3n) is 3.31. The van der Waals surface area contributed by atoms with Crippen molar-refractivity contribution in [2.24, 2.45) is 5.41 Å². The highest BCUT2D eigenvalue weighted by atomic mass is 19.4. The third-order valence-corrected chi connectivity index (χ3v) is 3.31. The molecule has 0 aliphatic rings. The Hall–Kier alpha value is -2.49. The fourth-order valence-electron chi connectivity index (χ4n) is 1.99. The lowest BCUT2D eigenvalue weighted by Crippen LogP contribution is -2.30. The molecule has 0 saturated heterocycles. The number of hydrogen-bond donors (Lipinski definition) is 1. The molecule has 0 unspecified atom stereocenters. The maximum absolute atomic E-state index is 12.4. The highest BCUT2D eigenvalue weighted by Crippen LogP contribution is 2.25. The molecular formula is C19H22F3NO3. The molecule has 1 rings (SSSR count). The van der Waals surface area contributed by atoms with Gasteiger partial charge in [-0.05, 0) is 24.0 Å². The Morgan fingerprint density at radius 1 is 1.19 bits per heavy atom. The summed E-state index contributed by atoms with van der Waals surface area (Å²) in [6, 6.07) is 5.98. The van der Waals surface area contributed by atoms with Crippen LogP contribution in [0.3, 0.4) is 0 Å². The molecule has 0 aromatic heterocycles. The van der Waals surface area contributed by atoms with Gasteiger partial charge >= 0.3 is 18.1 Å². The molecule has 0 radical (unpaired) electrons. The topological polar surface area (TPSA) is 55.4 Å². The number of nitrogens with one attached hydrogen (secondary N) is 1. The molecule has 1 aromatic rings. The van der Waals surface area contributed by atoms with Crippen LogP contribution in [0.25, 0.3) is 0 Å². The van der Waals surface area contributed by atoms with Crippen molar-refractivity contribution in [3.63, 3.8) is 0 Å². The minimum Gasteiger partial charge on any atom is -0.466 e. The van der Waals surface area contributed by atoms with Crippen molar-refractivity contribution in [3.8, 4) is 11.8 Å². The van der Waals surface area contributed by atoms with Crippen LogP contribution in [0, 0.1) is 17.3 Å². The van der Waals surface area contributed by atoms with Crippen LogP contribution in [0.5, 0.6) is 0 Å². The van der Waals surface area contributed by atoms with E-state index in [1.165, 1.54) is 18.2 Å². The molecule has 0 aliphatic carbocycles. The van der Waals surface area contributed by atoms with Crippen LogP contribution in [0.4, 0.5) is 18.9 Å². The van der Waals surface area contributed by atoms with E-state index in [0.29, 0.717) is 13.0 Å². The maximum atomic E-state index is 12.4. The van der Waals surface area contributed by atoms with Crippen molar-refractivity contribution in [2.45, 2.75) is 46.2 Å². The molecule has 0 fully saturated rings. The quantitative estimate of drug-likeness (QED) is 0.601. The van der Waals surface area contributed by atoms with Gasteiger partial charge in [0.2, 0.25) is 0 Å². The lowest BCUT2D eigenvalue weighted by molar-refractivity contribution is -0.167. The highest BCUT2D eigenvalue weighted by molar-refractivity contribution is 5.96. The zero-order valence-electron chi connectivity index (χ0n) is 15.0. The van der Waals surface area contributed by atoms with Crippen molar-refractivity contribution < 1.29 is 27.5 Å². The second-order valence-electron chi connectivity index (χ2n) is 6.54. The number of benzene rings is 1. The number of anilines is 1. The number of para-hydroxylation sites is 1. The second kappa shape index (κ2) is 9.27. The van der Waals surface area contributed by atoms with Gasteiger partial charge in [0.15, 0.2) is 0 Å². The Kier molecular flexibility index (Phi) is 7.69. The molecule has 1 aromatic carbocycles. The molecule has 26 heavy (non-hydrogen) atoms. The first-order valence-corrected chi connectivity index (χ1v) is 8.17. The normalized spacial score (nSPS) is 11.3. The van der Waals surface area contributed by atoms with Crippen LogP contribution in [0.2, 0.25) is 0 Å². The van der Waals surface area contributed by atoms with Crippen molar-refractivity contribution >= 4 is 17.6 Å². The van der Waals surface area contributed by atoms with Crippen molar-refractivity contribution in [3.05, 3.63) is 29.8 Å². The smallest absolute Gasteiger partial charge is 0.466 e. The van der Waals surface area contributed by atoms with Gasteiger partial charge in [-0.3, -0.25) is 9.59 Å². The Bertz CT molecular complexity index is 700. The van der Waals surface area contributed by atoms with Crippen LogP contribution in [0.1, 0.15) is 45.6 Å². The molecule has 142 valence electrons. The van der Waals surface area contributed by atoms with E-state index in [9.17, 15) is 22.8 Å². The number of hydrogen-bond acceptors (Lipinski definition) is 3. The van der Waals surface area contributed by atoms with Gasteiger partial charge in [0.25, 0.3) is 0 Å². The first kappa shape index (κ1) is 21.6. The number of rotatable bonds is 6. The predicted molar refractivity (Wildman–Crippen MR) is 92.3 cm³/mol. The van der Waals surface area contributed by atoms with Gasteiger partial charge in [-0.2, -0.15) is 13.2 Å². The second-order valence-corrected chi connectivity index (χ2v) is 6.54. The Balaban J connectivity index is 2.79. The van der Waals surface area contributed by atoms with E-state index in [2.05, 4.69) is 11.8 Å². The largest absolute Gasteiger partial charge is 0.471 e. The first-order valence-electron chi connectivity index (χ1n) is 8.17. The van der Waals surface area contributed by atoms with E-state index < -0.39 is 17.5 Å². The van der Waals surface area contributed by atoms with Gasteiger partial charge < -0.3 is 10.1 Å². The minimum atomic E-state index is -4.97. The highest BCUT2D eigenvalue weighted by Gasteiger charge is 2.38. The summed E-state index contributed by atoms with van der Waals surface area (Å²) in [5, 5.41) is 1.81. The van der Waals surface area contributed by atoms with Gasteiger partial charge in [0, 0.05) is 12.0 Å². The Morgan fingerprint density at radius 3 is 2.46 bits per heavy atom. The number of carbonyl (C=O) groups excluding carboxylic acids is 2. The number of amides is 1. The Morgan fingerprint density at radius 2 is 1.85 bits per heavy atom. The fraction of sp³-hybridized carbons (Fsp3) is 0.474. The van der Waals surface area contributed by atoms with Crippen LogP contribution >= 0.6 is 0 Å². The molecule has 1 amide bonds. The maximum Gasteiger partial charge on any atom is 0.471 e. The Labute approximate surface area is 151 Å². The van der Waals surface area contributed by atoms with E-state index in [1.807, 2.05) is 26.1 Å². The summed E-state index contributed by atoms with van der Waals surface area (Å²) in [7, 11) is 0. The lowest BCUT2D eigenvalue weighted by Gasteiger charge is -2.20. The summed E-state index contributed by atoms with van der Waals surface area (Å²) in [6.07, 6.45) is -3.70. The lowest BCUT2D eigenvalue weighted by atomic mass is 9.86. The van der Waals surface area contributed by atoms with Crippen LogP contribution in [-0.4, -0.2) is 24.7 Å². The summed E-state index contributed by atoms with van der Waals surface area (Å²) in [4.78, 5) is 22.8. The minimum absolute atomic E-state index is 0.0116. The molecule has 7 heteroatoms. The number of esters is 1. The van der Waals surface area contributed by atoms with Gasteiger partial charge in [-0.15, -0.1) is 0 Å². The van der Waals surface area contributed by atoms with Crippen LogP contribution in [-0.2, 0) is 14.3 Å². The molecule has 0 spiro atoms. The standard InChI is InChI=1S/C19H22F3NO3/c1-4-12-26-16(24)13-18(2,3)11-7-9-14-8-5-6-10-15(14)23-17(25)19(20,21)22/h5-6,8,10H,4,11-13H2,1-3H3,(H,23,25). The number of ether oxygens (including phenoxy) is 1. The average Bonchev–Trinajstić information content (AvgIpc) is 2.53. The third kappa shape index (κ3) is 7.60. The molecule has 0 heterocycles. The van der Waals surface area contributed by atoms with Crippen molar-refractivity contribution in [1.82, 2.24) is 0 Å². The zero-order valence-corrected chi connectivity index (χ0v) is 15.0. The summed E-state index contributed by atoms with van der Waals surface area (Å²) < 4.78 is 42.2. The van der Waals surface area contributed by atoms with Gasteiger partial charge in [-0.25, -0.2) is 0 Å². The molecule has 1 N–H and O–H groups in total. The van der Waals surface area contributed by atoms with Gasteiger partial charge in [-0.1, -0.05) is 44.7 Å².